The monoisotopic (exact) mass is 249 g/mol. The Balaban J connectivity index is 1.98. The molecule has 1 aromatic heterocycles. The summed E-state index contributed by atoms with van der Waals surface area (Å²) in [5.41, 5.74) is 1.13. The molecule has 0 radical (unpaired) electrons. The summed E-state index contributed by atoms with van der Waals surface area (Å²) in [5.74, 6) is 0.815. The van der Waals surface area contributed by atoms with E-state index in [0.29, 0.717) is 12.2 Å². The first-order chi connectivity index (χ1) is 8.18. The number of hydrogen-bond acceptors (Lipinski definition) is 3. The summed E-state index contributed by atoms with van der Waals surface area (Å²) in [6, 6.07) is 3.95. The molecule has 0 amide bonds. The molecule has 1 aliphatic carbocycles. The number of sulfone groups is 1. The SMILES string of the molecule is O=S1(=O)CCC2C(c3cccnc3)C=CCC21. The molecule has 90 valence electrons. The van der Waals surface area contributed by atoms with E-state index in [0.717, 1.165) is 12.0 Å². The van der Waals surface area contributed by atoms with Gasteiger partial charge in [0, 0.05) is 18.3 Å². The lowest BCUT2D eigenvalue weighted by molar-refractivity contribution is 0.441. The highest BCUT2D eigenvalue weighted by molar-refractivity contribution is 7.92. The zero-order valence-corrected chi connectivity index (χ0v) is 10.3. The summed E-state index contributed by atoms with van der Waals surface area (Å²) < 4.78 is 23.8. The van der Waals surface area contributed by atoms with Crippen LogP contribution in [0.15, 0.2) is 36.7 Å². The van der Waals surface area contributed by atoms with E-state index in [1.165, 1.54) is 0 Å². The normalized spacial score (nSPS) is 34.5. The van der Waals surface area contributed by atoms with Crippen molar-refractivity contribution in [2.75, 3.05) is 5.75 Å². The zero-order chi connectivity index (χ0) is 11.9. The van der Waals surface area contributed by atoms with E-state index in [2.05, 4.69) is 11.1 Å². The van der Waals surface area contributed by atoms with Crippen LogP contribution in [0.4, 0.5) is 0 Å². The molecule has 1 fully saturated rings. The third-order valence-corrected chi connectivity index (χ3v) is 6.19. The lowest BCUT2D eigenvalue weighted by atomic mass is 9.78. The molecule has 1 saturated heterocycles. The van der Waals surface area contributed by atoms with Crippen molar-refractivity contribution in [2.24, 2.45) is 5.92 Å². The van der Waals surface area contributed by atoms with Gasteiger partial charge in [0.2, 0.25) is 0 Å². The molecule has 2 heterocycles. The summed E-state index contributed by atoms with van der Waals surface area (Å²) in [5, 5.41) is -0.169. The summed E-state index contributed by atoms with van der Waals surface area (Å²) >= 11 is 0. The molecule has 4 heteroatoms. The molecule has 0 saturated carbocycles. The zero-order valence-electron chi connectivity index (χ0n) is 9.49. The fourth-order valence-corrected chi connectivity index (χ4v) is 5.22. The predicted octanol–water partition coefficient (Wildman–Crippen LogP) is 1.93. The maximum atomic E-state index is 11.9. The highest BCUT2D eigenvalue weighted by Gasteiger charge is 2.44. The van der Waals surface area contributed by atoms with Gasteiger partial charge in [0.15, 0.2) is 9.84 Å². The van der Waals surface area contributed by atoms with Gasteiger partial charge in [-0.2, -0.15) is 0 Å². The van der Waals surface area contributed by atoms with Crippen LogP contribution in [0.2, 0.25) is 0 Å². The van der Waals surface area contributed by atoms with Crippen LogP contribution in [0.25, 0.3) is 0 Å². The Labute approximate surface area is 101 Å². The molecule has 3 rings (SSSR count). The van der Waals surface area contributed by atoms with Gasteiger partial charge in [-0.15, -0.1) is 0 Å². The van der Waals surface area contributed by atoms with Crippen molar-refractivity contribution in [1.29, 1.82) is 0 Å². The first kappa shape index (κ1) is 11.0. The van der Waals surface area contributed by atoms with Crippen molar-refractivity contribution >= 4 is 9.84 Å². The van der Waals surface area contributed by atoms with Crippen molar-refractivity contribution in [3.63, 3.8) is 0 Å². The summed E-state index contributed by atoms with van der Waals surface area (Å²) in [6.07, 6.45) is 9.24. The van der Waals surface area contributed by atoms with Crippen molar-refractivity contribution in [1.82, 2.24) is 4.98 Å². The highest BCUT2D eigenvalue weighted by Crippen LogP contribution is 2.43. The second-order valence-corrected chi connectivity index (χ2v) is 7.17. The first-order valence-corrected chi connectivity index (χ1v) is 7.68. The standard InChI is InChI=1S/C13H15NO2S/c15-17(16)8-6-12-11(4-1-5-13(12)17)10-3-2-7-14-9-10/h1-4,7,9,11-13H,5-6,8H2. The van der Waals surface area contributed by atoms with E-state index in [1.54, 1.807) is 6.20 Å². The van der Waals surface area contributed by atoms with Crippen LogP contribution >= 0.6 is 0 Å². The Kier molecular flexibility index (Phi) is 2.54. The van der Waals surface area contributed by atoms with Crippen molar-refractivity contribution in [3.05, 3.63) is 42.2 Å². The molecule has 0 N–H and O–H groups in total. The number of allylic oxidation sites excluding steroid dienone is 2. The van der Waals surface area contributed by atoms with E-state index in [1.807, 2.05) is 24.4 Å². The Hall–Kier alpha value is -1.16. The van der Waals surface area contributed by atoms with Crippen LogP contribution in [-0.4, -0.2) is 24.4 Å². The number of rotatable bonds is 1. The second kappa shape index (κ2) is 3.95. The smallest absolute Gasteiger partial charge is 0.153 e. The van der Waals surface area contributed by atoms with Gasteiger partial charge in [-0.25, -0.2) is 8.42 Å². The molecule has 0 spiro atoms. The summed E-state index contributed by atoms with van der Waals surface area (Å²) in [6.45, 7) is 0. The molecule has 3 unspecified atom stereocenters. The fraction of sp³-hybridized carbons (Fsp3) is 0.462. The number of nitrogens with zero attached hydrogens (tertiary/aromatic N) is 1. The van der Waals surface area contributed by atoms with Crippen LogP contribution < -0.4 is 0 Å². The van der Waals surface area contributed by atoms with Crippen molar-refractivity contribution in [2.45, 2.75) is 24.0 Å². The van der Waals surface area contributed by atoms with Gasteiger partial charge in [-0.1, -0.05) is 18.2 Å². The Morgan fingerprint density at radius 1 is 1.35 bits per heavy atom. The van der Waals surface area contributed by atoms with Gasteiger partial charge < -0.3 is 0 Å². The van der Waals surface area contributed by atoms with Crippen LogP contribution in [0.1, 0.15) is 24.3 Å². The number of pyridine rings is 1. The van der Waals surface area contributed by atoms with Crippen LogP contribution in [0.5, 0.6) is 0 Å². The average molecular weight is 249 g/mol. The minimum Gasteiger partial charge on any atom is -0.264 e. The topological polar surface area (TPSA) is 47.0 Å². The second-order valence-electron chi connectivity index (χ2n) is 4.83. The van der Waals surface area contributed by atoms with E-state index in [4.69, 9.17) is 0 Å². The Morgan fingerprint density at radius 2 is 2.24 bits per heavy atom. The van der Waals surface area contributed by atoms with Gasteiger partial charge in [-0.05, 0) is 30.4 Å². The Bertz CT molecular complexity index is 536. The molecule has 17 heavy (non-hydrogen) atoms. The van der Waals surface area contributed by atoms with Gasteiger partial charge in [-0.3, -0.25) is 4.98 Å². The van der Waals surface area contributed by atoms with Crippen LogP contribution in [0, 0.1) is 5.92 Å². The molecular formula is C13H15NO2S. The quantitative estimate of drug-likeness (QED) is 0.714. The van der Waals surface area contributed by atoms with Gasteiger partial charge in [0.05, 0.1) is 11.0 Å². The van der Waals surface area contributed by atoms with Crippen molar-refractivity contribution in [3.8, 4) is 0 Å². The molecule has 1 aliphatic heterocycles. The van der Waals surface area contributed by atoms with Crippen LogP contribution in [0.3, 0.4) is 0 Å². The van der Waals surface area contributed by atoms with Crippen molar-refractivity contribution < 1.29 is 8.42 Å². The van der Waals surface area contributed by atoms with E-state index in [9.17, 15) is 8.42 Å². The van der Waals surface area contributed by atoms with Gasteiger partial charge in [0.25, 0.3) is 0 Å². The van der Waals surface area contributed by atoms with E-state index < -0.39 is 9.84 Å². The Morgan fingerprint density at radius 3 is 3.00 bits per heavy atom. The largest absolute Gasteiger partial charge is 0.264 e. The average Bonchev–Trinajstić information content (AvgIpc) is 2.67. The number of hydrogen-bond donors (Lipinski definition) is 0. The molecular weight excluding hydrogens is 234 g/mol. The maximum Gasteiger partial charge on any atom is 0.153 e. The highest BCUT2D eigenvalue weighted by atomic mass is 32.2. The van der Waals surface area contributed by atoms with E-state index >= 15 is 0 Å². The number of fused-ring (bicyclic) bond motifs is 1. The fourth-order valence-electron chi connectivity index (χ4n) is 3.07. The van der Waals surface area contributed by atoms with Gasteiger partial charge in [0.1, 0.15) is 0 Å². The molecule has 0 bridgehead atoms. The molecule has 3 atom stereocenters. The lowest BCUT2D eigenvalue weighted by Crippen LogP contribution is -2.28. The molecule has 2 aliphatic rings. The number of aromatic nitrogens is 1. The third kappa shape index (κ3) is 1.80. The molecule has 1 aromatic rings. The minimum absolute atomic E-state index is 0.169. The minimum atomic E-state index is -2.86. The predicted molar refractivity (Wildman–Crippen MR) is 66.4 cm³/mol. The molecule has 3 nitrogen and oxygen atoms in total. The van der Waals surface area contributed by atoms with Crippen LogP contribution in [-0.2, 0) is 9.84 Å². The molecule has 0 aromatic carbocycles. The lowest BCUT2D eigenvalue weighted by Gasteiger charge is -2.28. The third-order valence-electron chi connectivity index (χ3n) is 3.92. The van der Waals surface area contributed by atoms with Gasteiger partial charge >= 0.3 is 0 Å². The maximum absolute atomic E-state index is 11.9. The first-order valence-electron chi connectivity index (χ1n) is 5.96. The summed E-state index contributed by atoms with van der Waals surface area (Å²) in [4.78, 5) is 4.13. The van der Waals surface area contributed by atoms with E-state index in [-0.39, 0.29) is 17.1 Å². The summed E-state index contributed by atoms with van der Waals surface area (Å²) in [7, 11) is -2.86.